The third-order valence-corrected chi connectivity index (χ3v) is 2.99. The van der Waals surface area contributed by atoms with E-state index >= 15 is 0 Å². The van der Waals surface area contributed by atoms with Gasteiger partial charge in [0.15, 0.2) is 0 Å². The van der Waals surface area contributed by atoms with Crippen LogP contribution in [0.2, 0.25) is 0 Å². The fourth-order valence-electron chi connectivity index (χ4n) is 1.98. The molecule has 0 bridgehead atoms. The third-order valence-electron chi connectivity index (χ3n) is 2.99. The minimum atomic E-state index is 0.339. The highest BCUT2D eigenvalue weighted by molar-refractivity contribution is 5.58. The molecule has 0 saturated carbocycles. The molecule has 0 radical (unpaired) electrons. The number of nitrogens with two attached hydrogens (primary N) is 1. The first kappa shape index (κ1) is 13.0. The van der Waals surface area contributed by atoms with Gasteiger partial charge in [0.2, 0.25) is 0 Å². The number of nitriles is 1. The van der Waals surface area contributed by atoms with Crippen LogP contribution in [-0.2, 0) is 13.0 Å². The molecule has 0 fully saturated rings. The van der Waals surface area contributed by atoms with Crippen molar-refractivity contribution in [2.45, 2.75) is 19.9 Å². The van der Waals surface area contributed by atoms with Crippen molar-refractivity contribution in [3.8, 4) is 6.07 Å². The number of nitrogens with one attached hydrogen (secondary N) is 1. The molecule has 0 unspecified atom stereocenters. The highest BCUT2D eigenvalue weighted by Gasteiger charge is 2.01. The van der Waals surface area contributed by atoms with Crippen LogP contribution in [0.5, 0.6) is 0 Å². The average molecular weight is 251 g/mol. The minimum Gasteiger partial charge on any atom is -0.398 e. The molecule has 19 heavy (non-hydrogen) atoms. The maximum atomic E-state index is 8.75. The number of nitrogens with zero attached hydrogens (tertiary/aromatic N) is 1. The Labute approximate surface area is 113 Å². The molecule has 0 atom stereocenters. The molecular formula is C16H17N3. The summed E-state index contributed by atoms with van der Waals surface area (Å²) < 4.78 is 0. The number of rotatable bonds is 4. The highest BCUT2D eigenvalue weighted by Crippen LogP contribution is 2.19. The zero-order chi connectivity index (χ0) is 13.7. The Bertz CT molecular complexity index is 612. The Kier molecular flexibility index (Phi) is 4.04. The van der Waals surface area contributed by atoms with Crippen molar-refractivity contribution in [2.75, 3.05) is 11.1 Å². The summed E-state index contributed by atoms with van der Waals surface area (Å²) >= 11 is 0. The van der Waals surface area contributed by atoms with E-state index in [0.29, 0.717) is 12.1 Å². The summed E-state index contributed by atoms with van der Waals surface area (Å²) in [5, 5.41) is 12.1. The SMILES string of the molecule is Cc1cccc(CNc2ccc(N)c(CC#N)c2)c1. The summed E-state index contributed by atoms with van der Waals surface area (Å²) in [7, 11) is 0. The van der Waals surface area contributed by atoms with E-state index in [1.54, 1.807) is 0 Å². The molecule has 0 spiro atoms. The molecule has 96 valence electrons. The van der Waals surface area contributed by atoms with Gasteiger partial charge in [-0.1, -0.05) is 29.8 Å². The van der Waals surface area contributed by atoms with Gasteiger partial charge in [0.25, 0.3) is 0 Å². The predicted octanol–water partition coefficient (Wildman–Crippen LogP) is 3.26. The van der Waals surface area contributed by atoms with Gasteiger partial charge in [-0.2, -0.15) is 5.26 Å². The van der Waals surface area contributed by atoms with Gasteiger partial charge in [-0.25, -0.2) is 0 Å². The molecular weight excluding hydrogens is 234 g/mol. The van der Waals surface area contributed by atoms with Gasteiger partial charge in [-0.05, 0) is 36.2 Å². The van der Waals surface area contributed by atoms with E-state index in [1.165, 1.54) is 11.1 Å². The van der Waals surface area contributed by atoms with Gasteiger partial charge in [-0.3, -0.25) is 0 Å². The number of anilines is 2. The second-order valence-corrected chi connectivity index (χ2v) is 4.59. The van der Waals surface area contributed by atoms with Crippen molar-refractivity contribution in [3.63, 3.8) is 0 Å². The summed E-state index contributed by atoms with van der Waals surface area (Å²) in [5.41, 5.74) is 10.8. The molecule has 3 N–H and O–H groups in total. The fraction of sp³-hybridized carbons (Fsp3) is 0.188. The second kappa shape index (κ2) is 5.92. The zero-order valence-electron chi connectivity index (χ0n) is 11.0. The minimum absolute atomic E-state index is 0.339. The molecule has 0 aliphatic carbocycles. The monoisotopic (exact) mass is 251 g/mol. The van der Waals surface area contributed by atoms with Crippen molar-refractivity contribution in [1.82, 2.24) is 0 Å². The number of benzene rings is 2. The number of hydrogen-bond acceptors (Lipinski definition) is 3. The van der Waals surface area contributed by atoms with Crippen LogP contribution in [0.15, 0.2) is 42.5 Å². The fourth-order valence-corrected chi connectivity index (χ4v) is 1.98. The van der Waals surface area contributed by atoms with Crippen LogP contribution in [-0.4, -0.2) is 0 Å². The Morgan fingerprint density at radius 2 is 2.05 bits per heavy atom. The van der Waals surface area contributed by atoms with Gasteiger partial charge >= 0.3 is 0 Å². The second-order valence-electron chi connectivity index (χ2n) is 4.59. The van der Waals surface area contributed by atoms with Gasteiger partial charge in [-0.15, -0.1) is 0 Å². The van der Waals surface area contributed by atoms with E-state index in [9.17, 15) is 0 Å². The lowest BCUT2D eigenvalue weighted by Crippen LogP contribution is -2.01. The summed E-state index contributed by atoms with van der Waals surface area (Å²) in [6, 6.07) is 16.2. The Hall–Kier alpha value is -2.47. The van der Waals surface area contributed by atoms with Crippen molar-refractivity contribution in [1.29, 1.82) is 5.26 Å². The van der Waals surface area contributed by atoms with Gasteiger partial charge in [0.05, 0.1) is 12.5 Å². The molecule has 2 aromatic rings. The molecule has 0 aliphatic rings. The van der Waals surface area contributed by atoms with Gasteiger partial charge in [0.1, 0.15) is 0 Å². The standard InChI is InChI=1S/C16H17N3/c1-12-3-2-4-13(9-12)11-19-15-5-6-16(18)14(10-15)7-8-17/h2-6,9-10,19H,7,11,18H2,1H3. The normalized spacial score (nSPS) is 9.89. The Morgan fingerprint density at radius 1 is 1.21 bits per heavy atom. The van der Waals surface area contributed by atoms with Crippen LogP contribution in [0, 0.1) is 18.3 Å². The zero-order valence-corrected chi connectivity index (χ0v) is 11.0. The highest BCUT2D eigenvalue weighted by atomic mass is 14.9. The maximum absolute atomic E-state index is 8.75. The Morgan fingerprint density at radius 3 is 2.79 bits per heavy atom. The van der Waals surface area contributed by atoms with Crippen LogP contribution in [0.4, 0.5) is 11.4 Å². The average Bonchev–Trinajstić information content (AvgIpc) is 2.40. The molecule has 0 heterocycles. The van der Waals surface area contributed by atoms with Gasteiger partial charge in [0, 0.05) is 17.9 Å². The molecule has 3 heteroatoms. The van der Waals surface area contributed by atoms with Crippen LogP contribution in [0.25, 0.3) is 0 Å². The quantitative estimate of drug-likeness (QED) is 0.820. The van der Waals surface area contributed by atoms with Crippen molar-refractivity contribution >= 4 is 11.4 Å². The molecule has 0 saturated heterocycles. The lowest BCUT2D eigenvalue weighted by Gasteiger charge is -2.09. The summed E-state index contributed by atoms with van der Waals surface area (Å²) in [6.07, 6.45) is 0.339. The van der Waals surface area contributed by atoms with Gasteiger partial charge < -0.3 is 11.1 Å². The lowest BCUT2D eigenvalue weighted by molar-refractivity contribution is 1.14. The van der Waals surface area contributed by atoms with Crippen LogP contribution >= 0.6 is 0 Å². The summed E-state index contributed by atoms with van der Waals surface area (Å²) in [6.45, 7) is 2.84. The predicted molar refractivity (Wildman–Crippen MR) is 78.7 cm³/mol. The third kappa shape index (κ3) is 3.49. The first-order valence-corrected chi connectivity index (χ1v) is 6.24. The van der Waals surface area contributed by atoms with E-state index in [2.05, 4.69) is 42.6 Å². The van der Waals surface area contributed by atoms with Crippen LogP contribution in [0.3, 0.4) is 0 Å². The van der Waals surface area contributed by atoms with E-state index in [-0.39, 0.29) is 0 Å². The lowest BCUT2D eigenvalue weighted by atomic mass is 10.1. The molecule has 2 aromatic carbocycles. The number of hydrogen-bond donors (Lipinski definition) is 2. The van der Waals surface area contributed by atoms with E-state index in [1.807, 2.05) is 18.2 Å². The van der Waals surface area contributed by atoms with E-state index in [0.717, 1.165) is 17.8 Å². The van der Waals surface area contributed by atoms with Crippen molar-refractivity contribution < 1.29 is 0 Å². The largest absolute Gasteiger partial charge is 0.398 e. The summed E-state index contributed by atoms with van der Waals surface area (Å²) in [5.74, 6) is 0. The van der Waals surface area contributed by atoms with Crippen LogP contribution < -0.4 is 11.1 Å². The number of aryl methyl sites for hydroxylation is 1. The summed E-state index contributed by atoms with van der Waals surface area (Å²) in [4.78, 5) is 0. The van der Waals surface area contributed by atoms with E-state index in [4.69, 9.17) is 11.0 Å². The number of nitrogen functional groups attached to an aromatic ring is 1. The Balaban J connectivity index is 2.08. The first-order valence-electron chi connectivity index (χ1n) is 6.24. The topological polar surface area (TPSA) is 61.8 Å². The first-order chi connectivity index (χ1) is 9.19. The molecule has 0 amide bonds. The van der Waals surface area contributed by atoms with Crippen LogP contribution in [0.1, 0.15) is 16.7 Å². The molecule has 3 nitrogen and oxygen atoms in total. The molecule has 2 rings (SSSR count). The molecule has 0 aromatic heterocycles. The van der Waals surface area contributed by atoms with E-state index < -0.39 is 0 Å². The smallest absolute Gasteiger partial charge is 0.0670 e. The van der Waals surface area contributed by atoms with Crippen molar-refractivity contribution in [3.05, 3.63) is 59.2 Å². The maximum Gasteiger partial charge on any atom is 0.0670 e. The van der Waals surface area contributed by atoms with Crippen molar-refractivity contribution in [2.24, 2.45) is 0 Å². The molecule has 0 aliphatic heterocycles.